The molecule has 9 heteroatoms. The number of esters is 1. The van der Waals surface area contributed by atoms with Crippen LogP contribution >= 0.6 is 11.6 Å². The normalized spacial score (nSPS) is 10.8. The van der Waals surface area contributed by atoms with E-state index in [0.717, 1.165) is 3.70 Å². The van der Waals surface area contributed by atoms with Gasteiger partial charge in [-0.05, 0) is 12.1 Å². The van der Waals surface area contributed by atoms with Crippen LogP contribution in [0.15, 0.2) is 18.2 Å². The van der Waals surface area contributed by atoms with Crippen LogP contribution in [0.4, 0.5) is 0 Å². The molecule has 0 aromatic carbocycles. The summed E-state index contributed by atoms with van der Waals surface area (Å²) in [5, 5.41) is 0.400. The van der Waals surface area contributed by atoms with Crippen molar-refractivity contribution in [1.29, 1.82) is 0 Å². The topological polar surface area (TPSA) is 90.0 Å². The van der Waals surface area contributed by atoms with E-state index in [-0.39, 0.29) is 6.01 Å². The minimum Gasteiger partial charge on any atom is -0.736 e. The Labute approximate surface area is 149 Å². The fraction of sp³-hybridized carbons (Fsp3) is 0.143. The van der Waals surface area contributed by atoms with Crippen LogP contribution in [0, 0.1) is 3.70 Å². The summed E-state index contributed by atoms with van der Waals surface area (Å²) in [6.45, 7) is 1.29. The van der Waals surface area contributed by atoms with Gasteiger partial charge in [-0.2, -0.15) is 4.98 Å². The van der Waals surface area contributed by atoms with Gasteiger partial charge in [0.15, 0.2) is 5.65 Å². The fourth-order valence-electron chi connectivity index (χ4n) is 2.02. The molecule has 3 heterocycles. The molecular weight excluding hydrogens is 435 g/mol. The number of H-pyrrole nitrogens is 1. The molecule has 0 fully saturated rings. The van der Waals surface area contributed by atoms with Gasteiger partial charge in [0.05, 0.1) is 28.9 Å². The monoisotopic (exact) mass is 444 g/mol. The number of imidazole rings is 1. The SMILES string of the molecule is COc1nc([I-])ccc1-c1nc2nc(OC(C)=O)[nH]c2cc1Cl. The Morgan fingerprint density at radius 2 is 2.09 bits per heavy atom. The summed E-state index contributed by atoms with van der Waals surface area (Å²) < 4.78 is 11.0. The molecule has 3 aromatic rings. The first-order valence-electron chi connectivity index (χ1n) is 6.43. The van der Waals surface area contributed by atoms with Crippen molar-refractivity contribution in [2.75, 3.05) is 7.11 Å². The first kappa shape index (κ1) is 15.9. The van der Waals surface area contributed by atoms with Crippen LogP contribution in [-0.2, 0) is 4.79 Å². The second kappa shape index (κ2) is 6.28. The van der Waals surface area contributed by atoms with E-state index in [1.807, 2.05) is 12.1 Å². The molecule has 0 atom stereocenters. The fourth-order valence-corrected chi connectivity index (χ4v) is 2.67. The number of nitrogens with one attached hydrogen (secondary N) is 1. The zero-order valence-corrected chi connectivity index (χ0v) is 15.0. The third kappa shape index (κ3) is 3.22. The highest BCUT2D eigenvalue weighted by molar-refractivity contribution is 6.33. The molecule has 0 amide bonds. The highest BCUT2D eigenvalue weighted by Gasteiger charge is 2.16. The molecule has 0 unspecified atom stereocenters. The van der Waals surface area contributed by atoms with Gasteiger partial charge < -0.3 is 37.0 Å². The Bertz CT molecular complexity index is 912. The van der Waals surface area contributed by atoms with E-state index in [9.17, 15) is 4.79 Å². The van der Waals surface area contributed by atoms with Gasteiger partial charge in [0, 0.05) is 6.92 Å². The number of methoxy groups -OCH3 is 1. The summed E-state index contributed by atoms with van der Waals surface area (Å²) in [5.74, 6) is -0.0553. The minimum atomic E-state index is -0.473. The predicted molar refractivity (Wildman–Crippen MR) is 78.7 cm³/mol. The van der Waals surface area contributed by atoms with Crippen molar-refractivity contribution < 1.29 is 36.9 Å². The van der Waals surface area contributed by atoms with E-state index in [0.29, 0.717) is 33.3 Å². The van der Waals surface area contributed by atoms with Crippen LogP contribution in [0.1, 0.15) is 6.92 Å². The van der Waals surface area contributed by atoms with Crippen LogP contribution < -0.4 is 32.1 Å². The molecule has 3 aromatic heterocycles. The van der Waals surface area contributed by atoms with E-state index < -0.39 is 5.97 Å². The van der Waals surface area contributed by atoms with Crippen LogP contribution in [0.25, 0.3) is 22.4 Å². The summed E-state index contributed by atoms with van der Waals surface area (Å²) in [6, 6.07) is 5.39. The molecule has 0 saturated heterocycles. The average Bonchev–Trinajstić information content (AvgIpc) is 2.86. The quantitative estimate of drug-likeness (QED) is 0.327. The maximum Gasteiger partial charge on any atom is 0.310 e. The number of halogens is 2. The number of nitrogens with zero attached hydrogens (tertiary/aromatic N) is 3. The lowest BCUT2D eigenvalue weighted by Crippen LogP contribution is -3.34. The van der Waals surface area contributed by atoms with E-state index in [1.165, 1.54) is 14.0 Å². The summed E-state index contributed by atoms with van der Waals surface area (Å²) in [5.41, 5.74) is 2.08. The molecule has 119 valence electrons. The maximum absolute atomic E-state index is 11.0. The summed E-state index contributed by atoms with van der Waals surface area (Å²) >= 11 is 8.41. The molecular formula is C14H10ClIN4O3-. The van der Waals surface area contributed by atoms with Gasteiger partial charge >= 0.3 is 12.0 Å². The first-order chi connectivity index (χ1) is 11.0. The largest absolute Gasteiger partial charge is 0.736 e. The molecule has 7 nitrogen and oxygen atoms in total. The van der Waals surface area contributed by atoms with Crippen molar-refractivity contribution >= 4 is 28.7 Å². The van der Waals surface area contributed by atoms with Crippen LogP contribution in [0.5, 0.6) is 11.9 Å². The summed E-state index contributed by atoms with van der Waals surface area (Å²) in [4.78, 5) is 26.7. The van der Waals surface area contributed by atoms with Gasteiger partial charge in [0.25, 0.3) is 0 Å². The van der Waals surface area contributed by atoms with Gasteiger partial charge in [-0.15, -0.1) is 0 Å². The average molecular weight is 445 g/mol. The van der Waals surface area contributed by atoms with Gasteiger partial charge in [-0.25, -0.2) is 9.97 Å². The summed E-state index contributed by atoms with van der Waals surface area (Å²) in [7, 11) is 1.53. The highest BCUT2D eigenvalue weighted by Crippen LogP contribution is 2.33. The molecule has 1 radical (unpaired) electrons. The maximum atomic E-state index is 11.0. The number of rotatable bonds is 3. The Morgan fingerprint density at radius 3 is 2.78 bits per heavy atom. The third-order valence-electron chi connectivity index (χ3n) is 2.92. The van der Waals surface area contributed by atoms with E-state index in [2.05, 4.69) is 42.5 Å². The standard InChI is InChI=1S/C14H10ClIN4O3/c1-6(21)23-14-17-9-5-8(15)11(19-12(9)20-14)7-3-4-10(16)18-13(7)22-2/h3-5H,1-2H3,(H,17,19,20)/q-1. The lowest BCUT2D eigenvalue weighted by molar-refractivity contribution is -0.337. The third-order valence-corrected chi connectivity index (χ3v) is 3.81. The highest BCUT2D eigenvalue weighted by atomic mass is 127. The molecule has 0 spiro atoms. The van der Waals surface area contributed by atoms with Gasteiger partial charge in [-0.3, -0.25) is 4.79 Å². The van der Waals surface area contributed by atoms with Crippen LogP contribution in [0.2, 0.25) is 5.02 Å². The molecule has 0 bridgehead atoms. The molecule has 1 N–H and O–H groups in total. The molecule has 3 rings (SSSR count). The Balaban J connectivity index is 2.14. The van der Waals surface area contributed by atoms with Crippen molar-refractivity contribution in [2.24, 2.45) is 0 Å². The number of aromatic amines is 1. The van der Waals surface area contributed by atoms with E-state index in [4.69, 9.17) is 21.1 Å². The van der Waals surface area contributed by atoms with Gasteiger partial charge in [0.1, 0.15) is 0 Å². The Hall–Kier alpha value is -1.94. The van der Waals surface area contributed by atoms with Crippen molar-refractivity contribution in [2.45, 2.75) is 6.92 Å². The number of carbonyl (C=O) groups excluding carboxylic acids is 1. The predicted octanol–water partition coefficient (Wildman–Crippen LogP) is -0.670. The Kier molecular flexibility index (Phi) is 4.35. The number of fused-ring (bicyclic) bond motifs is 1. The molecule has 23 heavy (non-hydrogen) atoms. The Morgan fingerprint density at radius 1 is 1.30 bits per heavy atom. The number of pyridine rings is 2. The van der Waals surface area contributed by atoms with Crippen LogP contribution in [0.3, 0.4) is 0 Å². The van der Waals surface area contributed by atoms with Crippen molar-refractivity contribution in [3.05, 3.63) is 26.9 Å². The number of ether oxygens (including phenoxy) is 2. The zero-order valence-electron chi connectivity index (χ0n) is 12.1. The summed E-state index contributed by atoms with van der Waals surface area (Å²) in [6.07, 6.45) is 0. The number of carbonyl (C=O) groups is 1. The van der Waals surface area contributed by atoms with E-state index in [1.54, 1.807) is 6.07 Å². The van der Waals surface area contributed by atoms with Crippen molar-refractivity contribution in [3.63, 3.8) is 0 Å². The van der Waals surface area contributed by atoms with E-state index >= 15 is 0 Å². The van der Waals surface area contributed by atoms with Crippen molar-refractivity contribution in [1.82, 2.24) is 19.9 Å². The molecule has 0 aliphatic heterocycles. The lowest BCUT2D eigenvalue weighted by Gasteiger charge is -2.12. The molecule has 0 aliphatic carbocycles. The minimum absolute atomic E-state index is 0.0703. The second-order valence-electron chi connectivity index (χ2n) is 4.52. The lowest BCUT2D eigenvalue weighted by atomic mass is 10.2. The molecule has 0 aliphatic rings. The first-order valence-corrected chi connectivity index (χ1v) is 7.89. The second-order valence-corrected chi connectivity index (χ2v) is 6.03. The van der Waals surface area contributed by atoms with Gasteiger partial charge in [0.2, 0.25) is 5.88 Å². The van der Waals surface area contributed by atoms with Crippen molar-refractivity contribution in [3.8, 4) is 23.1 Å². The number of hydrogen-bond acceptors (Lipinski definition) is 6. The van der Waals surface area contributed by atoms with Crippen LogP contribution in [-0.4, -0.2) is 33.0 Å². The number of aromatic nitrogens is 4. The van der Waals surface area contributed by atoms with Gasteiger partial charge in [-0.1, -0.05) is 21.4 Å². The zero-order chi connectivity index (χ0) is 16.6. The molecule has 0 saturated carbocycles. The number of hydrogen-bond donors (Lipinski definition) is 1. The smallest absolute Gasteiger partial charge is 0.310 e.